The third-order valence-corrected chi connectivity index (χ3v) is 6.07. The Morgan fingerprint density at radius 3 is 2.78 bits per heavy atom. The lowest BCUT2D eigenvalue weighted by atomic mass is 10.1. The van der Waals surface area contributed by atoms with Gasteiger partial charge < -0.3 is 20.5 Å². The van der Waals surface area contributed by atoms with Crippen molar-refractivity contribution in [3.8, 4) is 0 Å². The lowest BCUT2D eigenvalue weighted by Crippen LogP contribution is -2.31. The highest BCUT2D eigenvalue weighted by molar-refractivity contribution is 5.98. The Bertz CT molecular complexity index is 1160. The first kappa shape index (κ1) is 20.5. The SMILES string of the molecule is Cc1ccc2cc(C(=O)NCCc3nc(NC4CC4)ncc3C(=O)N3CCCC3)[nH]c2c1. The van der Waals surface area contributed by atoms with E-state index in [4.69, 9.17) is 0 Å². The molecule has 1 saturated heterocycles. The van der Waals surface area contributed by atoms with Crippen LogP contribution in [0.3, 0.4) is 0 Å². The Morgan fingerprint density at radius 1 is 1.19 bits per heavy atom. The van der Waals surface area contributed by atoms with E-state index >= 15 is 0 Å². The molecule has 1 saturated carbocycles. The smallest absolute Gasteiger partial charge is 0.267 e. The summed E-state index contributed by atoms with van der Waals surface area (Å²) < 4.78 is 0. The van der Waals surface area contributed by atoms with Gasteiger partial charge in [-0.25, -0.2) is 9.97 Å². The highest BCUT2D eigenvalue weighted by Crippen LogP contribution is 2.24. The molecule has 166 valence electrons. The monoisotopic (exact) mass is 432 g/mol. The molecule has 2 fully saturated rings. The van der Waals surface area contributed by atoms with Gasteiger partial charge in [-0.3, -0.25) is 9.59 Å². The average molecular weight is 433 g/mol. The highest BCUT2D eigenvalue weighted by atomic mass is 16.2. The number of aromatic nitrogens is 3. The molecule has 3 aromatic rings. The second-order valence-electron chi connectivity index (χ2n) is 8.75. The lowest BCUT2D eigenvalue weighted by molar-refractivity contribution is 0.0790. The molecule has 2 aromatic heterocycles. The van der Waals surface area contributed by atoms with Crippen molar-refractivity contribution >= 4 is 28.7 Å². The molecule has 1 aliphatic heterocycles. The number of aromatic amines is 1. The Kier molecular flexibility index (Phi) is 5.51. The third-order valence-electron chi connectivity index (χ3n) is 6.07. The van der Waals surface area contributed by atoms with Crippen LogP contribution in [0.4, 0.5) is 5.95 Å². The van der Waals surface area contributed by atoms with Crippen LogP contribution in [0.15, 0.2) is 30.5 Å². The molecule has 1 aliphatic carbocycles. The maximum absolute atomic E-state index is 13.0. The number of anilines is 1. The van der Waals surface area contributed by atoms with Crippen molar-refractivity contribution in [2.24, 2.45) is 0 Å². The van der Waals surface area contributed by atoms with Gasteiger partial charge in [0.25, 0.3) is 11.8 Å². The molecule has 3 heterocycles. The number of nitrogens with zero attached hydrogens (tertiary/aromatic N) is 3. The standard InChI is InChI=1S/C24H28N6O2/c1-15-4-5-16-13-21(28-20(16)12-15)22(31)25-9-8-19-18(23(32)30-10-2-3-11-30)14-26-24(29-19)27-17-6-7-17/h4-5,12-14,17,28H,2-3,6-11H2,1H3,(H,25,31)(H,26,27,29). The quantitative estimate of drug-likeness (QED) is 0.533. The molecule has 2 aliphatic rings. The van der Waals surface area contributed by atoms with Crippen LogP contribution in [-0.2, 0) is 6.42 Å². The number of hydrogen-bond acceptors (Lipinski definition) is 5. The summed E-state index contributed by atoms with van der Waals surface area (Å²) in [7, 11) is 0. The summed E-state index contributed by atoms with van der Waals surface area (Å²) in [6.45, 7) is 3.95. The van der Waals surface area contributed by atoms with Crippen molar-refractivity contribution in [1.29, 1.82) is 0 Å². The summed E-state index contributed by atoms with van der Waals surface area (Å²) in [4.78, 5) is 39.7. The molecule has 8 nitrogen and oxygen atoms in total. The van der Waals surface area contributed by atoms with Crippen LogP contribution in [0.1, 0.15) is 57.8 Å². The number of benzene rings is 1. The van der Waals surface area contributed by atoms with Crippen LogP contribution in [0, 0.1) is 6.92 Å². The molecule has 0 radical (unpaired) electrons. The van der Waals surface area contributed by atoms with E-state index < -0.39 is 0 Å². The van der Waals surface area contributed by atoms with Gasteiger partial charge in [-0.1, -0.05) is 12.1 Å². The maximum atomic E-state index is 13.0. The Morgan fingerprint density at radius 2 is 2.00 bits per heavy atom. The first-order valence-corrected chi connectivity index (χ1v) is 11.4. The van der Waals surface area contributed by atoms with Crippen molar-refractivity contribution in [3.63, 3.8) is 0 Å². The van der Waals surface area contributed by atoms with Crippen LogP contribution in [0.5, 0.6) is 0 Å². The summed E-state index contributed by atoms with van der Waals surface area (Å²) in [5.41, 5.74) is 3.81. The maximum Gasteiger partial charge on any atom is 0.267 e. The topological polar surface area (TPSA) is 103 Å². The van der Waals surface area contributed by atoms with E-state index in [1.54, 1.807) is 6.20 Å². The minimum atomic E-state index is -0.170. The van der Waals surface area contributed by atoms with E-state index in [0.717, 1.165) is 55.2 Å². The van der Waals surface area contributed by atoms with Crippen molar-refractivity contribution < 1.29 is 9.59 Å². The van der Waals surface area contributed by atoms with Gasteiger partial charge in [-0.15, -0.1) is 0 Å². The molecule has 5 rings (SSSR count). The van der Waals surface area contributed by atoms with Crippen molar-refractivity contribution in [1.82, 2.24) is 25.2 Å². The second kappa shape index (κ2) is 8.61. The van der Waals surface area contributed by atoms with E-state index in [1.807, 2.05) is 36.1 Å². The third kappa shape index (κ3) is 4.44. The van der Waals surface area contributed by atoms with Gasteiger partial charge in [0, 0.05) is 49.2 Å². The number of H-pyrrole nitrogens is 1. The van der Waals surface area contributed by atoms with Crippen LogP contribution in [0.2, 0.25) is 0 Å². The number of nitrogens with one attached hydrogen (secondary N) is 3. The Hall–Kier alpha value is -3.42. The van der Waals surface area contributed by atoms with Crippen LogP contribution < -0.4 is 10.6 Å². The van der Waals surface area contributed by atoms with Gasteiger partial charge >= 0.3 is 0 Å². The van der Waals surface area contributed by atoms with Crippen molar-refractivity contribution in [3.05, 3.63) is 53.0 Å². The number of likely N-dealkylation sites (tertiary alicyclic amines) is 1. The molecular formula is C24H28N6O2. The minimum absolute atomic E-state index is 0.0206. The van der Waals surface area contributed by atoms with Gasteiger partial charge in [-0.05, 0) is 50.3 Å². The number of aryl methyl sites for hydroxylation is 1. The van der Waals surface area contributed by atoms with Crippen LogP contribution >= 0.6 is 0 Å². The van der Waals surface area contributed by atoms with Gasteiger partial charge in [0.15, 0.2) is 0 Å². The summed E-state index contributed by atoms with van der Waals surface area (Å²) in [5.74, 6) is 0.363. The molecule has 2 amide bonds. The number of rotatable bonds is 7. The number of amides is 2. The van der Waals surface area contributed by atoms with Crippen LogP contribution in [0.25, 0.3) is 10.9 Å². The van der Waals surface area contributed by atoms with Crippen molar-refractivity contribution in [2.75, 3.05) is 25.0 Å². The summed E-state index contributed by atoms with van der Waals surface area (Å²) >= 11 is 0. The van der Waals surface area contributed by atoms with Crippen LogP contribution in [-0.4, -0.2) is 57.3 Å². The predicted molar refractivity (Wildman–Crippen MR) is 123 cm³/mol. The zero-order valence-electron chi connectivity index (χ0n) is 18.3. The van der Waals surface area contributed by atoms with E-state index in [0.29, 0.717) is 41.9 Å². The first-order chi connectivity index (χ1) is 15.6. The fourth-order valence-corrected chi connectivity index (χ4v) is 4.11. The molecule has 0 unspecified atom stereocenters. The number of hydrogen-bond donors (Lipinski definition) is 3. The normalized spacial score (nSPS) is 15.8. The molecule has 0 bridgehead atoms. The first-order valence-electron chi connectivity index (χ1n) is 11.4. The average Bonchev–Trinajstić information content (AvgIpc) is 3.26. The number of fused-ring (bicyclic) bond motifs is 1. The summed E-state index contributed by atoms with van der Waals surface area (Å²) in [6, 6.07) is 8.34. The minimum Gasteiger partial charge on any atom is -0.351 e. The Labute approximate surface area is 186 Å². The summed E-state index contributed by atoms with van der Waals surface area (Å²) in [6.07, 6.45) is 6.39. The molecule has 0 spiro atoms. The van der Waals surface area contributed by atoms with Gasteiger partial charge in [0.05, 0.1) is 11.3 Å². The van der Waals surface area contributed by atoms with Crippen molar-refractivity contribution in [2.45, 2.75) is 45.1 Å². The lowest BCUT2D eigenvalue weighted by Gasteiger charge is -2.17. The molecule has 3 N–H and O–H groups in total. The highest BCUT2D eigenvalue weighted by Gasteiger charge is 2.25. The van der Waals surface area contributed by atoms with E-state index in [2.05, 4.69) is 25.6 Å². The second-order valence-corrected chi connectivity index (χ2v) is 8.75. The number of carbonyl (C=O) groups is 2. The summed E-state index contributed by atoms with van der Waals surface area (Å²) in [5, 5.41) is 7.26. The van der Waals surface area contributed by atoms with Gasteiger partial charge in [0.2, 0.25) is 5.95 Å². The molecular weight excluding hydrogens is 404 g/mol. The predicted octanol–water partition coefficient (Wildman–Crippen LogP) is 3.05. The van der Waals surface area contributed by atoms with E-state index in [9.17, 15) is 9.59 Å². The fraction of sp³-hybridized carbons (Fsp3) is 0.417. The fourth-order valence-electron chi connectivity index (χ4n) is 4.11. The molecule has 0 atom stereocenters. The number of carbonyl (C=O) groups excluding carboxylic acids is 2. The zero-order valence-corrected chi connectivity index (χ0v) is 18.3. The molecule has 1 aromatic carbocycles. The zero-order chi connectivity index (χ0) is 22.1. The largest absolute Gasteiger partial charge is 0.351 e. The Balaban J connectivity index is 1.29. The molecule has 8 heteroatoms. The van der Waals surface area contributed by atoms with E-state index in [-0.39, 0.29) is 11.8 Å². The molecule has 32 heavy (non-hydrogen) atoms. The van der Waals surface area contributed by atoms with E-state index in [1.165, 1.54) is 0 Å². The van der Waals surface area contributed by atoms with Gasteiger partial charge in [0.1, 0.15) is 5.69 Å². The van der Waals surface area contributed by atoms with Gasteiger partial charge in [-0.2, -0.15) is 0 Å².